The molecule has 2 amide bonds. The quantitative estimate of drug-likeness (QED) is 0.265. The molecule has 0 unspecified atom stereocenters. The number of pyridine rings is 1. The summed E-state index contributed by atoms with van der Waals surface area (Å²) in [5, 5.41) is 6.72. The molecule has 0 spiro atoms. The summed E-state index contributed by atoms with van der Waals surface area (Å²) >= 11 is 0. The number of nitrogens with zero attached hydrogens (tertiary/aromatic N) is 2. The minimum absolute atomic E-state index is 0.00529. The number of nitrogens with one attached hydrogen (secondary N) is 2. The monoisotopic (exact) mass is 415 g/mol. The van der Waals surface area contributed by atoms with E-state index in [0.29, 0.717) is 38.1 Å². The van der Waals surface area contributed by atoms with E-state index in [4.69, 9.17) is 0 Å². The molecule has 0 bridgehead atoms. The number of aromatic nitrogens is 1. The topological polar surface area (TPSA) is 74.3 Å². The van der Waals surface area contributed by atoms with Gasteiger partial charge in [0.25, 0.3) is 0 Å². The fourth-order valence-electron chi connectivity index (χ4n) is 3.14. The number of carbonyl (C=O) groups is 2. The van der Waals surface area contributed by atoms with Crippen LogP contribution in [0.4, 0.5) is 0 Å². The van der Waals surface area contributed by atoms with Crippen LogP contribution < -0.4 is 10.6 Å². The summed E-state index contributed by atoms with van der Waals surface area (Å²) in [6, 6.07) is 6.71. The van der Waals surface area contributed by atoms with Gasteiger partial charge in [0.15, 0.2) is 0 Å². The van der Waals surface area contributed by atoms with Gasteiger partial charge in [-0.3, -0.25) is 14.5 Å². The van der Waals surface area contributed by atoms with Crippen LogP contribution in [-0.2, 0) is 9.59 Å². The van der Waals surface area contributed by atoms with Crippen LogP contribution in [0.3, 0.4) is 0 Å². The van der Waals surface area contributed by atoms with E-state index in [2.05, 4.69) is 34.4 Å². The molecular weight excluding hydrogens is 385 g/mol. The number of hydrogen-bond donors (Lipinski definition) is 2. The Morgan fingerprint density at radius 2 is 1.89 bits per heavy atom. The summed E-state index contributed by atoms with van der Waals surface area (Å²) in [6.07, 6.45) is 5.62. The molecule has 8 heteroatoms. The molecule has 1 aliphatic rings. The second-order valence-electron chi connectivity index (χ2n) is 6.82. The van der Waals surface area contributed by atoms with Gasteiger partial charge in [0, 0.05) is 43.5 Å². The molecule has 1 aromatic rings. The Kier molecular flexibility index (Phi) is 10.0. The molecule has 2 rings (SSSR count). The first kappa shape index (κ1) is 22.0. The molecule has 0 radical (unpaired) electrons. The van der Waals surface area contributed by atoms with Crippen molar-refractivity contribution in [2.45, 2.75) is 56.6 Å². The maximum absolute atomic E-state index is 12.1. The molecule has 2 heterocycles. The third-order valence-electron chi connectivity index (χ3n) is 4.67. The standard InChI is InChI=1S/C19H30N4O2S2/c1-15-6-5-7-16(2)23(15)14-18(25)20-11-9-17(24)21-12-13-26-27-19-8-3-4-10-22-19/h3-4,8,10,15-16H,5-7,9,11-14H2,1-2H3,(H,20,25)(H,21,24)/t15-,16+/i9+1,14+1,17+1,18+1,20+1. The van der Waals surface area contributed by atoms with Gasteiger partial charge in [-0.15, -0.1) is 0 Å². The zero-order valence-corrected chi connectivity index (χ0v) is 17.8. The Hall–Kier alpha value is -1.25. The highest BCUT2D eigenvalue weighted by Crippen LogP contribution is 2.28. The van der Waals surface area contributed by atoms with Gasteiger partial charge >= 0.3 is 0 Å². The molecule has 6 nitrogen and oxygen atoms in total. The molecule has 27 heavy (non-hydrogen) atoms. The van der Waals surface area contributed by atoms with Crippen LogP contribution in [0.2, 0.25) is 0 Å². The molecule has 1 fully saturated rings. The van der Waals surface area contributed by atoms with E-state index < -0.39 is 0 Å². The zero-order chi connectivity index (χ0) is 19.5. The predicted octanol–water partition coefficient (Wildman–Crippen LogP) is 2.71. The van der Waals surface area contributed by atoms with Crippen molar-refractivity contribution in [2.75, 3.05) is 25.4 Å². The number of likely N-dealkylation sites (tertiary alicyclic amines) is 1. The van der Waals surface area contributed by atoms with Crippen molar-refractivity contribution >= 4 is 33.4 Å². The van der Waals surface area contributed by atoms with Gasteiger partial charge in [-0.05, 0) is 49.6 Å². The van der Waals surface area contributed by atoms with E-state index >= 15 is 0 Å². The number of carbonyl (C=O) groups excluding carboxylic acids is 2. The first-order valence-electron chi connectivity index (χ1n) is 9.56. The highest BCUT2D eigenvalue weighted by molar-refractivity contribution is 8.76. The normalized spacial score (nSPS) is 20.2. The lowest BCUT2D eigenvalue weighted by atomic mass is 9.99. The van der Waals surface area contributed by atoms with Gasteiger partial charge in [0.2, 0.25) is 11.8 Å². The zero-order valence-electron chi connectivity index (χ0n) is 16.1. The van der Waals surface area contributed by atoms with Gasteiger partial charge in [-0.1, -0.05) is 23.3 Å². The van der Waals surface area contributed by atoms with Crippen molar-refractivity contribution in [2.24, 2.45) is 0 Å². The molecule has 1 aliphatic heterocycles. The smallest absolute Gasteiger partial charge is 0.234 e. The van der Waals surface area contributed by atoms with Crippen LogP contribution in [0.5, 0.6) is 0 Å². The summed E-state index contributed by atoms with van der Waals surface area (Å²) in [7, 11) is 3.26. The molecule has 0 saturated carbocycles. The lowest BCUT2D eigenvalue weighted by Crippen LogP contribution is -2.49. The number of amides is 2. The van der Waals surface area contributed by atoms with Crippen LogP contribution in [0.25, 0.3) is 0 Å². The molecule has 2 N–H and O–H groups in total. The minimum atomic E-state index is -0.0292. The van der Waals surface area contributed by atoms with Crippen LogP contribution in [0.15, 0.2) is 29.4 Å². The van der Waals surface area contributed by atoms with Gasteiger partial charge in [0.1, 0.15) is 5.03 Å². The second kappa shape index (κ2) is 12.3. The summed E-state index contributed by atoms with van der Waals surface area (Å²) in [4.78, 5) is 30.5. The minimum Gasteiger partial charge on any atom is -0.355 e. The second-order valence-corrected chi connectivity index (χ2v) is 9.26. The summed E-state index contributed by atoms with van der Waals surface area (Å²) < 4.78 is 0. The molecule has 1 aromatic heterocycles. The summed E-state index contributed by atoms with van der Waals surface area (Å²) in [5.74, 6) is 0.786. The summed E-state index contributed by atoms with van der Waals surface area (Å²) in [6.45, 7) is 5.78. The average Bonchev–Trinajstić information content (AvgIpc) is 2.65. The largest absolute Gasteiger partial charge is 0.355 e. The van der Waals surface area contributed by atoms with Crippen LogP contribution in [0.1, 0.15) is 39.5 Å². The Balaban J connectivity index is 1.50. The van der Waals surface area contributed by atoms with Gasteiger partial charge in [-0.25, -0.2) is 4.98 Å². The lowest BCUT2D eigenvalue weighted by molar-refractivity contribution is -0.124. The van der Waals surface area contributed by atoms with Gasteiger partial charge < -0.3 is 10.6 Å². The predicted molar refractivity (Wildman–Crippen MR) is 113 cm³/mol. The first-order chi connectivity index (χ1) is 13.1. The number of piperidine rings is 1. The van der Waals surface area contributed by atoms with Gasteiger partial charge in [-0.2, -0.15) is 0 Å². The van der Waals surface area contributed by atoms with Crippen molar-refractivity contribution in [3.05, 3.63) is 24.4 Å². The fourth-order valence-corrected chi connectivity index (χ4v) is 4.93. The van der Waals surface area contributed by atoms with Crippen molar-refractivity contribution in [3.63, 3.8) is 0 Å². The Bertz CT molecular complexity index is 578. The molecule has 1 saturated heterocycles. The van der Waals surface area contributed by atoms with E-state index in [1.54, 1.807) is 27.8 Å². The van der Waals surface area contributed by atoms with Crippen LogP contribution >= 0.6 is 21.6 Å². The van der Waals surface area contributed by atoms with Crippen LogP contribution in [-0.4, -0.2) is 59.2 Å². The van der Waals surface area contributed by atoms with E-state index in [9.17, 15) is 9.59 Å². The van der Waals surface area contributed by atoms with Gasteiger partial charge in [0.05, 0.1) is 6.54 Å². The maximum atomic E-state index is 12.1. The highest BCUT2D eigenvalue weighted by atomic mass is 33.1. The maximum Gasteiger partial charge on any atom is 0.234 e. The first-order valence-corrected chi connectivity index (χ1v) is 11.9. The van der Waals surface area contributed by atoms with Crippen molar-refractivity contribution in [3.8, 4) is 0 Å². The van der Waals surface area contributed by atoms with E-state index in [1.165, 1.54) is 6.42 Å². The van der Waals surface area contributed by atoms with Crippen molar-refractivity contribution in [1.82, 2.24) is 20.5 Å². The SMILES string of the molecule is C[C@@H]1CCC[C@H](C)N1[13CH2][13C](=O)[15NH]C[13CH2][13C](=O)NCCSSc1ccccn1. The van der Waals surface area contributed by atoms with E-state index in [-0.39, 0.29) is 11.8 Å². The lowest BCUT2D eigenvalue weighted by Gasteiger charge is -2.38. The highest BCUT2D eigenvalue weighted by Gasteiger charge is 2.26. The Morgan fingerprint density at radius 3 is 2.59 bits per heavy atom. The Labute approximate surface area is 170 Å². The molecular formula is C19H30N4O2S2. The van der Waals surface area contributed by atoms with E-state index in [0.717, 1.165) is 23.6 Å². The average molecular weight is 416 g/mol. The Morgan fingerprint density at radius 1 is 1.15 bits per heavy atom. The number of hydrogen-bond acceptors (Lipinski definition) is 6. The molecule has 0 aliphatic carbocycles. The van der Waals surface area contributed by atoms with Crippen LogP contribution in [0, 0.1) is 0 Å². The van der Waals surface area contributed by atoms with E-state index in [1.807, 2.05) is 18.2 Å². The summed E-state index contributed by atoms with van der Waals surface area (Å²) in [5.41, 5.74) is 0. The third-order valence-corrected chi connectivity index (χ3v) is 6.93. The van der Waals surface area contributed by atoms with Crippen molar-refractivity contribution in [1.29, 1.82) is 0 Å². The molecule has 2 atom stereocenters. The molecule has 150 valence electrons. The fraction of sp³-hybridized carbons (Fsp3) is 0.632. The third kappa shape index (κ3) is 8.53. The van der Waals surface area contributed by atoms with Crippen molar-refractivity contribution < 1.29 is 9.59 Å². The number of rotatable bonds is 10. The molecule has 0 aromatic carbocycles.